The van der Waals surface area contributed by atoms with Crippen molar-refractivity contribution in [2.75, 3.05) is 25.9 Å². The number of anilines is 1. The summed E-state index contributed by atoms with van der Waals surface area (Å²) < 4.78 is 25.7. The Kier molecular flexibility index (Phi) is 4.85. The summed E-state index contributed by atoms with van der Waals surface area (Å²) in [5, 5.41) is 8.88. The van der Waals surface area contributed by atoms with E-state index in [0.717, 1.165) is 21.0 Å². The highest BCUT2D eigenvalue weighted by Gasteiger charge is 2.20. The second-order valence-corrected chi connectivity index (χ2v) is 7.19. The molecular formula is C16H20N2O3S. The highest BCUT2D eigenvalue weighted by Crippen LogP contribution is 2.27. The van der Waals surface area contributed by atoms with Crippen LogP contribution in [0.25, 0.3) is 11.1 Å². The number of nitrogens with zero attached hydrogens (tertiary/aromatic N) is 1. The first kappa shape index (κ1) is 16.5. The van der Waals surface area contributed by atoms with Crippen molar-refractivity contribution < 1.29 is 13.5 Å². The van der Waals surface area contributed by atoms with Gasteiger partial charge in [0.05, 0.1) is 11.5 Å². The van der Waals surface area contributed by atoms with Crippen molar-refractivity contribution in [1.82, 2.24) is 4.31 Å². The number of nitrogen functional groups attached to an aromatic ring is 1. The molecule has 0 radical (unpaired) electrons. The average Bonchev–Trinajstić information content (AvgIpc) is 2.50. The zero-order valence-corrected chi connectivity index (χ0v) is 13.5. The summed E-state index contributed by atoms with van der Waals surface area (Å²) in [6, 6.07) is 12.3. The van der Waals surface area contributed by atoms with Crippen molar-refractivity contribution in [3.63, 3.8) is 0 Å². The molecule has 118 valence electrons. The first-order chi connectivity index (χ1) is 10.4. The molecule has 2 aromatic carbocycles. The zero-order valence-electron chi connectivity index (χ0n) is 12.7. The fraction of sp³-hybridized carbons (Fsp3) is 0.250. The molecule has 0 fully saturated rings. The zero-order chi connectivity index (χ0) is 16.3. The summed E-state index contributed by atoms with van der Waals surface area (Å²) in [4.78, 5) is 0.203. The molecule has 0 aliphatic heterocycles. The van der Waals surface area contributed by atoms with Gasteiger partial charge in [-0.2, -0.15) is 4.31 Å². The standard InChI is InChI=1S/C16H20N2O3S/c1-12-3-6-14(17)11-16(12)13-4-7-15(8-5-13)22(20,21)18(2)9-10-19/h3-8,11,19H,9-10,17H2,1-2H3. The summed E-state index contributed by atoms with van der Waals surface area (Å²) in [6.45, 7) is 1.84. The van der Waals surface area contributed by atoms with E-state index in [1.807, 2.05) is 25.1 Å². The molecule has 0 bridgehead atoms. The smallest absolute Gasteiger partial charge is 0.242 e. The van der Waals surface area contributed by atoms with Crippen molar-refractivity contribution in [2.24, 2.45) is 0 Å². The van der Waals surface area contributed by atoms with E-state index >= 15 is 0 Å². The van der Waals surface area contributed by atoms with Crippen LogP contribution in [0, 0.1) is 6.92 Å². The van der Waals surface area contributed by atoms with Gasteiger partial charge in [-0.1, -0.05) is 18.2 Å². The summed E-state index contributed by atoms with van der Waals surface area (Å²) in [7, 11) is -2.12. The Labute approximate surface area is 131 Å². The molecule has 6 heteroatoms. The lowest BCUT2D eigenvalue weighted by atomic mass is 10.0. The number of benzene rings is 2. The number of sulfonamides is 1. The Morgan fingerprint density at radius 1 is 1.14 bits per heavy atom. The molecule has 0 aromatic heterocycles. The molecule has 2 rings (SSSR count). The van der Waals surface area contributed by atoms with Gasteiger partial charge in [-0.3, -0.25) is 0 Å². The number of rotatable bonds is 5. The van der Waals surface area contributed by atoms with E-state index in [9.17, 15) is 8.42 Å². The highest BCUT2D eigenvalue weighted by molar-refractivity contribution is 7.89. The maximum absolute atomic E-state index is 12.3. The molecule has 0 heterocycles. The normalized spacial score (nSPS) is 11.8. The Hall–Kier alpha value is -1.89. The average molecular weight is 320 g/mol. The first-order valence-corrected chi connectivity index (χ1v) is 8.34. The number of aliphatic hydroxyl groups is 1. The van der Waals surface area contributed by atoms with Crippen LogP contribution in [-0.2, 0) is 10.0 Å². The van der Waals surface area contributed by atoms with Crippen LogP contribution in [0.3, 0.4) is 0 Å². The van der Waals surface area contributed by atoms with E-state index in [-0.39, 0.29) is 18.0 Å². The first-order valence-electron chi connectivity index (χ1n) is 6.90. The van der Waals surface area contributed by atoms with E-state index in [2.05, 4.69) is 0 Å². The molecule has 0 spiro atoms. The molecular weight excluding hydrogens is 300 g/mol. The number of aliphatic hydroxyl groups excluding tert-OH is 1. The predicted octanol–water partition coefficient (Wildman–Crippen LogP) is 1.86. The third-order valence-electron chi connectivity index (χ3n) is 3.55. The molecule has 0 unspecified atom stereocenters. The second kappa shape index (κ2) is 6.48. The van der Waals surface area contributed by atoms with Gasteiger partial charge in [0.2, 0.25) is 10.0 Å². The summed E-state index contributed by atoms with van der Waals surface area (Å²) >= 11 is 0. The Balaban J connectivity index is 2.37. The van der Waals surface area contributed by atoms with Gasteiger partial charge >= 0.3 is 0 Å². The fourth-order valence-electron chi connectivity index (χ4n) is 2.20. The molecule has 2 aromatic rings. The molecule has 0 saturated heterocycles. The van der Waals surface area contributed by atoms with Crippen molar-refractivity contribution in [3.05, 3.63) is 48.0 Å². The van der Waals surface area contributed by atoms with Crippen molar-refractivity contribution in [2.45, 2.75) is 11.8 Å². The summed E-state index contributed by atoms with van der Waals surface area (Å²) in [5.41, 5.74) is 9.44. The fourth-order valence-corrected chi connectivity index (χ4v) is 3.36. The van der Waals surface area contributed by atoms with Crippen molar-refractivity contribution >= 4 is 15.7 Å². The van der Waals surface area contributed by atoms with Gasteiger partial charge in [-0.15, -0.1) is 0 Å². The quantitative estimate of drug-likeness (QED) is 0.824. The van der Waals surface area contributed by atoms with Gasteiger partial charge in [-0.05, 0) is 47.9 Å². The van der Waals surface area contributed by atoms with Gasteiger partial charge < -0.3 is 10.8 Å². The van der Waals surface area contributed by atoms with Gasteiger partial charge in [0.15, 0.2) is 0 Å². The van der Waals surface area contributed by atoms with Crippen molar-refractivity contribution in [3.8, 4) is 11.1 Å². The second-order valence-electron chi connectivity index (χ2n) is 5.15. The van der Waals surface area contributed by atoms with Crippen LogP contribution in [0.5, 0.6) is 0 Å². The third kappa shape index (κ3) is 3.30. The lowest BCUT2D eigenvalue weighted by Gasteiger charge is -2.16. The van der Waals surface area contributed by atoms with E-state index in [1.54, 1.807) is 24.3 Å². The predicted molar refractivity (Wildman–Crippen MR) is 87.9 cm³/mol. The molecule has 3 N–H and O–H groups in total. The van der Waals surface area contributed by atoms with Gasteiger partial charge in [-0.25, -0.2) is 8.42 Å². The number of likely N-dealkylation sites (N-methyl/N-ethyl adjacent to an activating group) is 1. The molecule has 22 heavy (non-hydrogen) atoms. The van der Waals surface area contributed by atoms with E-state index in [4.69, 9.17) is 10.8 Å². The topological polar surface area (TPSA) is 83.6 Å². The van der Waals surface area contributed by atoms with Crippen LogP contribution >= 0.6 is 0 Å². The Bertz CT molecular complexity index is 755. The molecule has 0 saturated carbocycles. The van der Waals surface area contributed by atoms with Gasteiger partial charge in [0.1, 0.15) is 0 Å². The number of hydrogen-bond donors (Lipinski definition) is 2. The molecule has 0 amide bonds. The lowest BCUT2D eigenvalue weighted by Crippen LogP contribution is -2.29. The molecule has 5 nitrogen and oxygen atoms in total. The van der Waals surface area contributed by atoms with E-state index < -0.39 is 10.0 Å². The van der Waals surface area contributed by atoms with Crippen LogP contribution < -0.4 is 5.73 Å². The molecule has 0 aliphatic carbocycles. The number of nitrogens with two attached hydrogens (primary N) is 1. The Morgan fingerprint density at radius 3 is 2.36 bits per heavy atom. The number of aryl methyl sites for hydroxylation is 1. The van der Waals surface area contributed by atoms with Crippen LogP contribution in [-0.4, -0.2) is 38.0 Å². The van der Waals surface area contributed by atoms with Gasteiger partial charge in [0.25, 0.3) is 0 Å². The summed E-state index contributed by atoms with van der Waals surface area (Å²) in [6.07, 6.45) is 0. The monoisotopic (exact) mass is 320 g/mol. The summed E-state index contributed by atoms with van der Waals surface area (Å²) in [5.74, 6) is 0. The third-order valence-corrected chi connectivity index (χ3v) is 5.42. The maximum atomic E-state index is 12.3. The minimum atomic E-state index is -3.57. The van der Waals surface area contributed by atoms with Gasteiger partial charge in [0, 0.05) is 19.3 Å². The maximum Gasteiger partial charge on any atom is 0.242 e. The minimum Gasteiger partial charge on any atom is -0.399 e. The Morgan fingerprint density at radius 2 is 1.77 bits per heavy atom. The van der Waals surface area contributed by atoms with Crippen molar-refractivity contribution in [1.29, 1.82) is 0 Å². The largest absolute Gasteiger partial charge is 0.399 e. The van der Waals surface area contributed by atoms with Crippen LogP contribution in [0.2, 0.25) is 0 Å². The van der Waals surface area contributed by atoms with Crippen LogP contribution in [0.4, 0.5) is 5.69 Å². The molecule has 0 aliphatic rings. The highest BCUT2D eigenvalue weighted by atomic mass is 32.2. The van der Waals surface area contributed by atoms with Crippen LogP contribution in [0.15, 0.2) is 47.4 Å². The SMILES string of the molecule is Cc1ccc(N)cc1-c1ccc(S(=O)(=O)N(C)CCO)cc1. The molecule has 0 atom stereocenters. The van der Waals surface area contributed by atoms with Crippen LogP contribution in [0.1, 0.15) is 5.56 Å². The van der Waals surface area contributed by atoms with E-state index in [1.165, 1.54) is 7.05 Å². The lowest BCUT2D eigenvalue weighted by molar-refractivity contribution is 0.266. The number of hydrogen-bond acceptors (Lipinski definition) is 4. The van der Waals surface area contributed by atoms with E-state index in [0.29, 0.717) is 5.69 Å². The minimum absolute atomic E-state index is 0.0679.